The molecular formula is C34H43N3O6S. The van der Waals surface area contributed by atoms with Crippen LogP contribution in [0.1, 0.15) is 48.8 Å². The van der Waals surface area contributed by atoms with Crippen molar-refractivity contribution >= 4 is 27.5 Å². The van der Waals surface area contributed by atoms with E-state index in [2.05, 4.69) is 5.32 Å². The maximum Gasteiger partial charge on any atom is 0.244 e. The Morgan fingerprint density at radius 2 is 1.61 bits per heavy atom. The second kappa shape index (κ2) is 15.1. The Labute approximate surface area is 261 Å². The topological polar surface area (TPSA) is 105 Å². The fraction of sp³-hybridized carbons (Fsp3) is 0.412. The lowest BCUT2D eigenvalue weighted by Crippen LogP contribution is -2.55. The van der Waals surface area contributed by atoms with Crippen molar-refractivity contribution in [3.05, 3.63) is 89.5 Å². The molecule has 236 valence electrons. The molecule has 1 aliphatic rings. The van der Waals surface area contributed by atoms with Crippen LogP contribution < -0.4 is 19.1 Å². The van der Waals surface area contributed by atoms with Crippen molar-refractivity contribution in [1.82, 2.24) is 10.2 Å². The van der Waals surface area contributed by atoms with Crippen molar-refractivity contribution in [2.75, 3.05) is 31.3 Å². The molecule has 0 bridgehead atoms. The minimum atomic E-state index is -3.94. The fourth-order valence-electron chi connectivity index (χ4n) is 5.69. The van der Waals surface area contributed by atoms with Crippen LogP contribution in [-0.4, -0.2) is 64.2 Å². The minimum absolute atomic E-state index is 0.0431. The van der Waals surface area contributed by atoms with Gasteiger partial charge in [-0.05, 0) is 43.0 Å². The van der Waals surface area contributed by atoms with E-state index in [1.165, 1.54) is 19.1 Å². The number of carbonyl (C=O) groups excluding carboxylic acids is 2. The van der Waals surface area contributed by atoms with Gasteiger partial charge < -0.3 is 19.7 Å². The second-order valence-electron chi connectivity index (χ2n) is 11.4. The lowest BCUT2D eigenvalue weighted by molar-refractivity contribution is -0.140. The third-order valence-electron chi connectivity index (χ3n) is 7.99. The first-order valence-corrected chi connectivity index (χ1v) is 16.8. The van der Waals surface area contributed by atoms with Gasteiger partial charge in [0.25, 0.3) is 0 Å². The van der Waals surface area contributed by atoms with Gasteiger partial charge >= 0.3 is 0 Å². The van der Waals surface area contributed by atoms with E-state index in [0.717, 1.165) is 59.4 Å². The summed E-state index contributed by atoms with van der Waals surface area (Å²) in [4.78, 5) is 30.0. The minimum Gasteiger partial charge on any atom is -0.497 e. The van der Waals surface area contributed by atoms with Gasteiger partial charge in [-0.25, -0.2) is 8.42 Å². The molecule has 4 rings (SSSR count). The van der Waals surface area contributed by atoms with E-state index in [4.69, 9.17) is 9.47 Å². The summed E-state index contributed by atoms with van der Waals surface area (Å²) in [6, 6.07) is 21.2. The van der Waals surface area contributed by atoms with Crippen LogP contribution in [0.15, 0.2) is 72.8 Å². The first-order chi connectivity index (χ1) is 21.1. The second-order valence-corrected chi connectivity index (χ2v) is 13.3. The van der Waals surface area contributed by atoms with Crippen LogP contribution in [0.5, 0.6) is 11.5 Å². The van der Waals surface area contributed by atoms with Gasteiger partial charge in [-0.15, -0.1) is 0 Å². The summed E-state index contributed by atoms with van der Waals surface area (Å²) in [6.07, 6.45) is 6.37. The van der Waals surface area contributed by atoms with E-state index in [1.807, 2.05) is 61.5 Å². The smallest absolute Gasteiger partial charge is 0.244 e. The van der Waals surface area contributed by atoms with Crippen molar-refractivity contribution in [3.63, 3.8) is 0 Å². The number of benzene rings is 3. The Kier molecular flexibility index (Phi) is 11.3. The molecule has 9 nitrogen and oxygen atoms in total. The number of hydrogen-bond acceptors (Lipinski definition) is 6. The van der Waals surface area contributed by atoms with Crippen LogP contribution in [0.4, 0.5) is 5.69 Å². The van der Waals surface area contributed by atoms with E-state index in [9.17, 15) is 18.0 Å². The lowest BCUT2D eigenvalue weighted by atomic mass is 9.94. The maximum atomic E-state index is 14.4. The predicted octanol–water partition coefficient (Wildman–Crippen LogP) is 4.87. The van der Waals surface area contributed by atoms with Gasteiger partial charge in [0, 0.05) is 25.1 Å². The number of aryl methyl sites for hydroxylation is 1. The van der Waals surface area contributed by atoms with Crippen LogP contribution >= 0.6 is 0 Å². The Balaban J connectivity index is 1.75. The molecule has 1 saturated carbocycles. The normalized spacial score (nSPS) is 14.4. The van der Waals surface area contributed by atoms with Crippen LogP contribution in [0.2, 0.25) is 0 Å². The van der Waals surface area contributed by atoms with Crippen molar-refractivity contribution in [2.45, 2.75) is 64.1 Å². The third-order valence-corrected chi connectivity index (χ3v) is 9.12. The number of methoxy groups -OCH3 is 2. The summed E-state index contributed by atoms with van der Waals surface area (Å²) in [5.74, 6) is -0.0262. The van der Waals surface area contributed by atoms with Crippen molar-refractivity contribution < 1.29 is 27.5 Å². The highest BCUT2D eigenvalue weighted by Gasteiger charge is 2.34. The SMILES string of the molecule is COc1ccc(N(CC(=O)N(Cc2cccc(C)c2)[C@H](Cc2ccccc2)C(=O)NC2CCCCC2)S(C)(=O)=O)c(OC)c1. The molecule has 3 aromatic rings. The van der Waals surface area contributed by atoms with Gasteiger partial charge in [0.05, 0.1) is 26.2 Å². The Morgan fingerprint density at radius 3 is 2.25 bits per heavy atom. The van der Waals surface area contributed by atoms with Crippen LogP contribution in [0.3, 0.4) is 0 Å². The van der Waals surface area contributed by atoms with Crippen LogP contribution in [-0.2, 0) is 32.6 Å². The molecule has 1 N–H and O–H groups in total. The highest BCUT2D eigenvalue weighted by Crippen LogP contribution is 2.34. The summed E-state index contributed by atoms with van der Waals surface area (Å²) in [5.41, 5.74) is 2.96. The summed E-state index contributed by atoms with van der Waals surface area (Å²) in [6.45, 7) is 1.58. The molecule has 0 radical (unpaired) electrons. The molecule has 10 heteroatoms. The average molecular weight is 622 g/mol. The van der Waals surface area contributed by atoms with Gasteiger partial charge in [-0.3, -0.25) is 13.9 Å². The average Bonchev–Trinajstić information content (AvgIpc) is 3.01. The molecule has 44 heavy (non-hydrogen) atoms. The van der Waals surface area contributed by atoms with Crippen molar-refractivity contribution in [3.8, 4) is 11.5 Å². The molecule has 0 heterocycles. The number of nitrogens with zero attached hydrogens (tertiary/aromatic N) is 2. The molecule has 1 atom stereocenters. The summed E-state index contributed by atoms with van der Waals surface area (Å²) in [5, 5.41) is 3.22. The van der Waals surface area contributed by atoms with Gasteiger partial charge in [0.2, 0.25) is 21.8 Å². The standard InChI is InChI=1S/C34H43N3O6S/c1-25-12-11-15-27(20-25)23-36(31(21-26-13-7-5-8-14-26)34(39)35-28-16-9-6-10-17-28)33(38)24-37(44(4,40)41)30-19-18-29(42-2)22-32(30)43-3/h5,7-8,11-15,18-20,22,28,31H,6,9-10,16-17,21,23-24H2,1-4H3,(H,35,39)/t31-/m1/s1. The maximum absolute atomic E-state index is 14.4. The Morgan fingerprint density at radius 1 is 0.909 bits per heavy atom. The molecule has 0 spiro atoms. The zero-order chi connectivity index (χ0) is 31.7. The highest BCUT2D eigenvalue weighted by molar-refractivity contribution is 7.92. The fourth-order valence-corrected chi connectivity index (χ4v) is 6.54. The Bertz CT molecular complexity index is 1520. The van der Waals surface area contributed by atoms with Gasteiger partial charge in [-0.2, -0.15) is 0 Å². The molecule has 3 aromatic carbocycles. The predicted molar refractivity (Wildman–Crippen MR) is 172 cm³/mol. The number of sulfonamides is 1. The van der Waals surface area contributed by atoms with Gasteiger partial charge in [0.15, 0.2) is 0 Å². The van der Waals surface area contributed by atoms with Crippen molar-refractivity contribution in [1.29, 1.82) is 0 Å². The van der Waals surface area contributed by atoms with Gasteiger partial charge in [0.1, 0.15) is 24.1 Å². The number of amides is 2. The van der Waals surface area contributed by atoms with E-state index in [1.54, 1.807) is 18.2 Å². The van der Waals surface area contributed by atoms with E-state index in [0.29, 0.717) is 5.75 Å². The first kappa shape index (κ1) is 32.9. The molecule has 1 fully saturated rings. The van der Waals surface area contributed by atoms with Crippen LogP contribution in [0.25, 0.3) is 0 Å². The number of anilines is 1. The zero-order valence-electron chi connectivity index (χ0n) is 26.0. The molecule has 0 saturated heterocycles. The van der Waals surface area contributed by atoms with E-state index >= 15 is 0 Å². The quantitative estimate of drug-likeness (QED) is 0.292. The number of carbonyl (C=O) groups is 2. The Hall–Kier alpha value is -4.05. The van der Waals surface area contributed by atoms with E-state index < -0.39 is 28.5 Å². The van der Waals surface area contributed by atoms with Crippen molar-refractivity contribution in [2.24, 2.45) is 0 Å². The molecule has 0 aromatic heterocycles. The summed E-state index contributed by atoms with van der Waals surface area (Å²) < 4.78 is 38.1. The largest absolute Gasteiger partial charge is 0.497 e. The molecule has 0 unspecified atom stereocenters. The lowest BCUT2D eigenvalue weighted by Gasteiger charge is -2.35. The van der Waals surface area contributed by atoms with E-state index in [-0.39, 0.29) is 36.4 Å². The molecule has 2 amide bonds. The highest BCUT2D eigenvalue weighted by atomic mass is 32.2. The van der Waals surface area contributed by atoms with Crippen LogP contribution in [0, 0.1) is 6.92 Å². The molecular weight excluding hydrogens is 578 g/mol. The molecule has 0 aliphatic heterocycles. The summed E-state index contributed by atoms with van der Waals surface area (Å²) >= 11 is 0. The zero-order valence-corrected chi connectivity index (χ0v) is 26.8. The molecule has 1 aliphatic carbocycles. The number of hydrogen-bond donors (Lipinski definition) is 1. The number of nitrogens with one attached hydrogen (secondary N) is 1. The van der Waals surface area contributed by atoms with Gasteiger partial charge in [-0.1, -0.05) is 79.4 Å². The summed E-state index contributed by atoms with van der Waals surface area (Å²) in [7, 11) is -1.01. The third kappa shape index (κ3) is 8.75. The number of ether oxygens (including phenoxy) is 2. The monoisotopic (exact) mass is 621 g/mol. The number of rotatable bonds is 13. The first-order valence-electron chi connectivity index (χ1n) is 15.0.